The fourth-order valence-electron chi connectivity index (χ4n) is 2.89. The minimum absolute atomic E-state index is 0. The maximum absolute atomic E-state index is 12.0. The molecule has 2 rings (SSSR count). The monoisotopic (exact) mass is 231 g/mol. The van der Waals surface area contributed by atoms with Gasteiger partial charge in [0.1, 0.15) is 0 Å². The molecule has 0 aromatic rings. The van der Waals surface area contributed by atoms with E-state index in [0.29, 0.717) is 5.78 Å². The molecule has 88 valence electrons. The van der Waals surface area contributed by atoms with Crippen LogP contribution < -0.4 is 0 Å². The fourth-order valence-corrected chi connectivity index (χ4v) is 2.89. The molecule has 1 heterocycles. The average Bonchev–Trinajstić information content (AvgIpc) is 2.24. The van der Waals surface area contributed by atoms with Gasteiger partial charge in [-0.2, -0.15) is 0 Å². The maximum atomic E-state index is 12.0. The van der Waals surface area contributed by atoms with E-state index in [2.05, 4.69) is 11.8 Å². The second kappa shape index (κ2) is 5.31. The summed E-state index contributed by atoms with van der Waals surface area (Å²) in [5.74, 6) is 0.491. The highest BCUT2D eigenvalue weighted by Crippen LogP contribution is 2.32. The molecule has 3 heteroatoms. The summed E-state index contributed by atoms with van der Waals surface area (Å²) >= 11 is 0. The van der Waals surface area contributed by atoms with Crippen LogP contribution in [0.5, 0.6) is 0 Å². The third kappa shape index (κ3) is 2.54. The van der Waals surface area contributed by atoms with Crippen LogP contribution in [0.1, 0.15) is 51.9 Å². The number of hydrogen-bond acceptors (Lipinski definition) is 2. The lowest BCUT2D eigenvalue weighted by Crippen LogP contribution is -2.55. The third-order valence-corrected chi connectivity index (χ3v) is 3.97. The molecule has 0 spiro atoms. The van der Waals surface area contributed by atoms with Crippen LogP contribution in [-0.4, -0.2) is 29.3 Å². The van der Waals surface area contributed by atoms with Crippen LogP contribution in [0, 0.1) is 0 Å². The number of nitrogens with zero attached hydrogens (tertiary/aromatic N) is 1. The Balaban J connectivity index is 0.00000112. The molecule has 2 fully saturated rings. The zero-order chi connectivity index (χ0) is 10.0. The molecule has 0 radical (unpaired) electrons. The summed E-state index contributed by atoms with van der Waals surface area (Å²) in [5, 5.41) is 0. The van der Waals surface area contributed by atoms with Crippen molar-refractivity contribution in [1.82, 2.24) is 4.90 Å². The van der Waals surface area contributed by atoms with Gasteiger partial charge in [-0.05, 0) is 45.7 Å². The molecule has 0 amide bonds. The number of ketones is 1. The quantitative estimate of drug-likeness (QED) is 0.692. The molecule has 1 saturated heterocycles. The van der Waals surface area contributed by atoms with E-state index in [1.807, 2.05) is 0 Å². The normalized spacial score (nSPS) is 33.5. The second-order valence-corrected chi connectivity index (χ2v) is 4.95. The first kappa shape index (κ1) is 13.0. The number of Topliss-reactive ketones (excluding diaryl/α,β-unsaturated/α-hetero) is 1. The van der Waals surface area contributed by atoms with Crippen molar-refractivity contribution in [2.45, 2.75) is 57.4 Å². The van der Waals surface area contributed by atoms with E-state index in [1.165, 1.54) is 25.7 Å². The molecule has 0 bridgehead atoms. The summed E-state index contributed by atoms with van der Waals surface area (Å²) in [7, 11) is 0. The van der Waals surface area contributed by atoms with E-state index < -0.39 is 0 Å². The Morgan fingerprint density at radius 2 is 1.73 bits per heavy atom. The number of rotatable bonds is 1. The molecule has 1 unspecified atom stereocenters. The maximum Gasteiger partial charge on any atom is 0.152 e. The van der Waals surface area contributed by atoms with E-state index in [0.717, 1.165) is 32.4 Å². The van der Waals surface area contributed by atoms with Gasteiger partial charge in [-0.15, -0.1) is 12.4 Å². The van der Waals surface area contributed by atoms with Crippen LogP contribution in [0.2, 0.25) is 0 Å². The van der Waals surface area contributed by atoms with Gasteiger partial charge in [-0.25, -0.2) is 0 Å². The van der Waals surface area contributed by atoms with Gasteiger partial charge >= 0.3 is 0 Å². The summed E-state index contributed by atoms with van der Waals surface area (Å²) < 4.78 is 0. The molecule has 2 nitrogen and oxygen atoms in total. The van der Waals surface area contributed by atoms with Crippen molar-refractivity contribution in [2.75, 3.05) is 13.1 Å². The zero-order valence-electron chi connectivity index (χ0n) is 9.63. The van der Waals surface area contributed by atoms with Crippen LogP contribution >= 0.6 is 12.4 Å². The SMILES string of the molecule is CC1(N2CCCCC2)CCCCC1=O.Cl. The number of carbonyl (C=O) groups is 1. The summed E-state index contributed by atoms with van der Waals surface area (Å²) in [6.07, 6.45) is 8.16. The van der Waals surface area contributed by atoms with Crippen molar-refractivity contribution in [1.29, 1.82) is 0 Å². The molecule has 2 aliphatic rings. The first-order valence-electron chi connectivity index (χ1n) is 6.02. The zero-order valence-corrected chi connectivity index (χ0v) is 10.4. The molecular weight excluding hydrogens is 210 g/mol. The van der Waals surface area contributed by atoms with Crippen molar-refractivity contribution in [3.63, 3.8) is 0 Å². The minimum Gasteiger partial charge on any atom is -0.298 e. The Kier molecular flexibility index (Phi) is 4.60. The van der Waals surface area contributed by atoms with Crippen LogP contribution in [0.15, 0.2) is 0 Å². The van der Waals surface area contributed by atoms with Crippen molar-refractivity contribution in [2.24, 2.45) is 0 Å². The van der Waals surface area contributed by atoms with Gasteiger partial charge < -0.3 is 0 Å². The predicted molar refractivity (Wildman–Crippen MR) is 64.6 cm³/mol. The summed E-state index contributed by atoms with van der Waals surface area (Å²) in [4.78, 5) is 14.4. The lowest BCUT2D eigenvalue weighted by Gasteiger charge is -2.44. The minimum atomic E-state index is -0.0985. The average molecular weight is 232 g/mol. The molecule has 1 saturated carbocycles. The standard InChI is InChI=1S/C12H21NO.ClH/c1-12(8-4-3-7-11(12)14)13-9-5-2-6-10-13;/h2-10H2,1H3;1H. The summed E-state index contributed by atoms with van der Waals surface area (Å²) in [5.41, 5.74) is -0.0985. The molecular formula is C12H22ClNO. The Morgan fingerprint density at radius 3 is 2.33 bits per heavy atom. The van der Waals surface area contributed by atoms with Crippen LogP contribution in [0.25, 0.3) is 0 Å². The first-order valence-corrected chi connectivity index (χ1v) is 6.02. The molecule has 15 heavy (non-hydrogen) atoms. The smallest absolute Gasteiger partial charge is 0.152 e. The Morgan fingerprint density at radius 1 is 1.07 bits per heavy atom. The molecule has 1 atom stereocenters. The van der Waals surface area contributed by atoms with E-state index >= 15 is 0 Å². The number of hydrogen-bond donors (Lipinski definition) is 0. The summed E-state index contributed by atoms with van der Waals surface area (Å²) in [6.45, 7) is 4.45. The van der Waals surface area contributed by atoms with E-state index in [-0.39, 0.29) is 17.9 Å². The Hall–Kier alpha value is -0.0800. The number of halogens is 1. The topological polar surface area (TPSA) is 20.3 Å². The lowest BCUT2D eigenvalue weighted by molar-refractivity contribution is -0.133. The van der Waals surface area contributed by atoms with Gasteiger partial charge in [-0.3, -0.25) is 9.69 Å². The lowest BCUT2D eigenvalue weighted by atomic mass is 9.80. The van der Waals surface area contributed by atoms with Gasteiger partial charge in [0, 0.05) is 6.42 Å². The highest BCUT2D eigenvalue weighted by Gasteiger charge is 2.40. The molecule has 1 aliphatic carbocycles. The van der Waals surface area contributed by atoms with E-state index in [4.69, 9.17) is 0 Å². The Bertz CT molecular complexity index is 226. The first-order chi connectivity index (χ1) is 6.73. The number of carbonyl (C=O) groups excluding carboxylic acids is 1. The third-order valence-electron chi connectivity index (χ3n) is 3.97. The molecule has 0 aromatic heterocycles. The Labute approximate surface area is 98.8 Å². The molecule has 0 aromatic carbocycles. The van der Waals surface area contributed by atoms with Crippen molar-refractivity contribution < 1.29 is 4.79 Å². The van der Waals surface area contributed by atoms with Gasteiger partial charge in [-0.1, -0.05) is 12.8 Å². The van der Waals surface area contributed by atoms with Gasteiger partial charge in [0.2, 0.25) is 0 Å². The van der Waals surface area contributed by atoms with Gasteiger partial charge in [0.05, 0.1) is 5.54 Å². The predicted octanol–water partition coefficient (Wildman–Crippen LogP) is 2.80. The summed E-state index contributed by atoms with van der Waals surface area (Å²) in [6, 6.07) is 0. The number of likely N-dealkylation sites (tertiary alicyclic amines) is 1. The van der Waals surface area contributed by atoms with Crippen molar-refractivity contribution >= 4 is 18.2 Å². The second-order valence-electron chi connectivity index (χ2n) is 4.95. The van der Waals surface area contributed by atoms with Gasteiger partial charge in [0.25, 0.3) is 0 Å². The van der Waals surface area contributed by atoms with E-state index in [1.54, 1.807) is 0 Å². The highest BCUT2D eigenvalue weighted by molar-refractivity contribution is 5.88. The van der Waals surface area contributed by atoms with Gasteiger partial charge in [0.15, 0.2) is 5.78 Å². The molecule has 0 N–H and O–H groups in total. The van der Waals surface area contributed by atoms with Crippen molar-refractivity contribution in [3.8, 4) is 0 Å². The highest BCUT2D eigenvalue weighted by atomic mass is 35.5. The largest absolute Gasteiger partial charge is 0.298 e. The van der Waals surface area contributed by atoms with Crippen molar-refractivity contribution in [3.05, 3.63) is 0 Å². The fraction of sp³-hybridized carbons (Fsp3) is 0.917. The molecule has 1 aliphatic heterocycles. The van der Waals surface area contributed by atoms with Crippen LogP contribution in [-0.2, 0) is 4.79 Å². The van der Waals surface area contributed by atoms with Crippen LogP contribution in [0.4, 0.5) is 0 Å². The number of piperidine rings is 1. The van der Waals surface area contributed by atoms with Crippen LogP contribution in [0.3, 0.4) is 0 Å². The van der Waals surface area contributed by atoms with E-state index in [9.17, 15) is 4.79 Å².